The Bertz CT molecular complexity index is 400. The lowest BCUT2D eigenvalue weighted by molar-refractivity contribution is 0.0724. The molecule has 1 amide bonds. The summed E-state index contributed by atoms with van der Waals surface area (Å²) in [5.41, 5.74) is 0.583. The minimum Gasteiger partial charge on any atom is -0.507 e. The van der Waals surface area contributed by atoms with Crippen molar-refractivity contribution in [2.75, 3.05) is 13.1 Å². The third kappa shape index (κ3) is 2.48. The first-order chi connectivity index (χ1) is 7.68. The lowest BCUT2D eigenvalue weighted by Gasteiger charge is -2.26. The van der Waals surface area contributed by atoms with Gasteiger partial charge in [-0.25, -0.2) is 0 Å². The summed E-state index contributed by atoms with van der Waals surface area (Å²) in [5, 5.41) is 9.57. The van der Waals surface area contributed by atoms with Gasteiger partial charge in [-0.1, -0.05) is 0 Å². The number of amides is 1. The third-order valence-corrected chi connectivity index (χ3v) is 3.75. The smallest absolute Gasteiger partial charge is 0.253 e. The van der Waals surface area contributed by atoms with Gasteiger partial charge in [-0.15, -0.1) is 0 Å². The van der Waals surface area contributed by atoms with Crippen LogP contribution in [0.25, 0.3) is 0 Å². The van der Waals surface area contributed by atoms with E-state index >= 15 is 0 Å². The van der Waals surface area contributed by atoms with Crippen LogP contribution in [0.2, 0.25) is 0 Å². The van der Waals surface area contributed by atoms with Gasteiger partial charge in [-0.3, -0.25) is 4.79 Å². The highest BCUT2D eigenvalue weighted by atomic mass is 127. The highest BCUT2D eigenvalue weighted by Crippen LogP contribution is 2.22. The van der Waals surface area contributed by atoms with Gasteiger partial charge in [-0.2, -0.15) is 0 Å². The van der Waals surface area contributed by atoms with Crippen LogP contribution >= 0.6 is 22.6 Å². The van der Waals surface area contributed by atoms with E-state index in [1.165, 1.54) is 6.42 Å². The zero-order chi connectivity index (χ0) is 11.5. The molecule has 0 unspecified atom stereocenters. The highest BCUT2D eigenvalue weighted by Gasteiger charge is 2.18. The van der Waals surface area contributed by atoms with E-state index in [0.717, 1.165) is 29.5 Å². The molecule has 0 bridgehead atoms. The number of hydrogen-bond donors (Lipinski definition) is 1. The Morgan fingerprint density at radius 3 is 2.56 bits per heavy atom. The van der Waals surface area contributed by atoms with E-state index in [1.807, 2.05) is 27.5 Å². The summed E-state index contributed by atoms with van der Waals surface area (Å²) in [5.74, 6) is 0.217. The summed E-state index contributed by atoms with van der Waals surface area (Å²) in [6, 6.07) is 5.10. The largest absolute Gasteiger partial charge is 0.507 e. The molecule has 1 aliphatic heterocycles. The van der Waals surface area contributed by atoms with E-state index in [9.17, 15) is 9.90 Å². The molecule has 0 radical (unpaired) electrons. The van der Waals surface area contributed by atoms with Crippen LogP contribution in [0.4, 0.5) is 0 Å². The summed E-state index contributed by atoms with van der Waals surface area (Å²) in [6.07, 6.45) is 3.38. The SMILES string of the molecule is O=C(c1ccc(I)c(O)c1)N1CCCCC1. The van der Waals surface area contributed by atoms with Crippen LogP contribution in [0.5, 0.6) is 5.75 Å². The number of nitrogens with zero attached hydrogens (tertiary/aromatic N) is 1. The number of carbonyl (C=O) groups is 1. The Hall–Kier alpha value is -0.780. The molecule has 2 rings (SSSR count). The van der Waals surface area contributed by atoms with Crippen molar-refractivity contribution in [2.24, 2.45) is 0 Å². The molecule has 0 spiro atoms. The van der Waals surface area contributed by atoms with E-state index in [1.54, 1.807) is 18.2 Å². The fourth-order valence-electron chi connectivity index (χ4n) is 1.93. The number of rotatable bonds is 1. The van der Waals surface area contributed by atoms with Gasteiger partial charge in [0.05, 0.1) is 3.57 Å². The van der Waals surface area contributed by atoms with Crippen molar-refractivity contribution in [3.63, 3.8) is 0 Å². The predicted molar refractivity (Wildman–Crippen MR) is 70.6 cm³/mol. The molecule has 0 atom stereocenters. The maximum atomic E-state index is 12.1. The standard InChI is InChI=1S/C12H14INO2/c13-10-5-4-9(8-11(10)15)12(16)14-6-2-1-3-7-14/h4-5,8,15H,1-3,6-7H2. The van der Waals surface area contributed by atoms with Crippen LogP contribution in [-0.4, -0.2) is 29.0 Å². The van der Waals surface area contributed by atoms with Crippen molar-refractivity contribution in [3.8, 4) is 5.75 Å². The zero-order valence-corrected chi connectivity index (χ0v) is 11.1. The molecule has 1 fully saturated rings. The van der Waals surface area contributed by atoms with Crippen molar-refractivity contribution in [2.45, 2.75) is 19.3 Å². The van der Waals surface area contributed by atoms with Gasteiger partial charge in [0.1, 0.15) is 5.75 Å². The molecule has 1 aromatic rings. The molecule has 1 aromatic carbocycles. The number of phenols is 1. The molecular formula is C12H14INO2. The Morgan fingerprint density at radius 1 is 1.25 bits per heavy atom. The number of carbonyl (C=O) groups excluding carboxylic acids is 1. The first-order valence-electron chi connectivity index (χ1n) is 5.46. The molecule has 0 aromatic heterocycles. The van der Waals surface area contributed by atoms with Crippen molar-refractivity contribution in [1.82, 2.24) is 4.90 Å². The predicted octanol–water partition coefficient (Wildman–Crippen LogP) is 2.62. The Kier molecular flexibility index (Phi) is 3.68. The van der Waals surface area contributed by atoms with Crippen LogP contribution in [0.15, 0.2) is 18.2 Å². The Labute approximate surface area is 109 Å². The van der Waals surface area contributed by atoms with Gasteiger partial charge in [-0.05, 0) is 60.1 Å². The molecule has 4 heteroatoms. The van der Waals surface area contributed by atoms with Gasteiger partial charge in [0.15, 0.2) is 0 Å². The summed E-state index contributed by atoms with van der Waals surface area (Å²) in [4.78, 5) is 13.9. The lowest BCUT2D eigenvalue weighted by Crippen LogP contribution is -2.35. The monoisotopic (exact) mass is 331 g/mol. The zero-order valence-electron chi connectivity index (χ0n) is 8.95. The topological polar surface area (TPSA) is 40.5 Å². The fraction of sp³-hybridized carbons (Fsp3) is 0.417. The van der Waals surface area contributed by atoms with Crippen molar-refractivity contribution in [1.29, 1.82) is 0 Å². The number of benzene rings is 1. The number of hydrogen-bond acceptors (Lipinski definition) is 2. The van der Waals surface area contributed by atoms with Crippen molar-refractivity contribution < 1.29 is 9.90 Å². The molecule has 0 saturated carbocycles. The first kappa shape index (κ1) is 11.7. The first-order valence-corrected chi connectivity index (χ1v) is 6.54. The summed E-state index contributed by atoms with van der Waals surface area (Å²) < 4.78 is 0.771. The van der Waals surface area contributed by atoms with Crippen LogP contribution < -0.4 is 0 Å². The molecule has 1 heterocycles. The fourth-order valence-corrected chi connectivity index (χ4v) is 2.26. The second kappa shape index (κ2) is 5.03. The number of aromatic hydroxyl groups is 1. The molecule has 16 heavy (non-hydrogen) atoms. The van der Waals surface area contributed by atoms with Gasteiger partial charge in [0.25, 0.3) is 5.91 Å². The molecule has 1 N–H and O–H groups in total. The number of piperidine rings is 1. The summed E-state index contributed by atoms with van der Waals surface area (Å²) in [7, 11) is 0. The highest BCUT2D eigenvalue weighted by molar-refractivity contribution is 14.1. The van der Waals surface area contributed by atoms with E-state index < -0.39 is 0 Å². The minimum atomic E-state index is 0.0337. The van der Waals surface area contributed by atoms with Crippen LogP contribution in [0, 0.1) is 3.57 Å². The summed E-state index contributed by atoms with van der Waals surface area (Å²) in [6.45, 7) is 1.68. The van der Waals surface area contributed by atoms with Gasteiger partial charge < -0.3 is 10.0 Å². The van der Waals surface area contributed by atoms with Gasteiger partial charge >= 0.3 is 0 Å². The maximum Gasteiger partial charge on any atom is 0.253 e. The number of halogens is 1. The Morgan fingerprint density at radius 2 is 1.94 bits per heavy atom. The Balaban J connectivity index is 2.16. The lowest BCUT2D eigenvalue weighted by atomic mass is 10.1. The average Bonchev–Trinajstić information content (AvgIpc) is 2.33. The molecule has 1 saturated heterocycles. The van der Waals surface area contributed by atoms with Crippen LogP contribution in [0.1, 0.15) is 29.6 Å². The van der Waals surface area contributed by atoms with Crippen molar-refractivity contribution >= 4 is 28.5 Å². The molecule has 0 aliphatic carbocycles. The average molecular weight is 331 g/mol. The molecule has 3 nitrogen and oxygen atoms in total. The van der Waals surface area contributed by atoms with E-state index in [4.69, 9.17) is 0 Å². The second-order valence-electron chi connectivity index (χ2n) is 4.02. The molecular weight excluding hydrogens is 317 g/mol. The van der Waals surface area contributed by atoms with Crippen LogP contribution in [-0.2, 0) is 0 Å². The molecule has 1 aliphatic rings. The van der Waals surface area contributed by atoms with E-state index in [2.05, 4.69) is 0 Å². The van der Waals surface area contributed by atoms with E-state index in [0.29, 0.717) is 5.56 Å². The van der Waals surface area contributed by atoms with Crippen molar-refractivity contribution in [3.05, 3.63) is 27.3 Å². The third-order valence-electron chi connectivity index (χ3n) is 2.84. The molecule has 86 valence electrons. The van der Waals surface area contributed by atoms with E-state index in [-0.39, 0.29) is 11.7 Å². The van der Waals surface area contributed by atoms with Gasteiger partial charge in [0, 0.05) is 18.7 Å². The van der Waals surface area contributed by atoms with Gasteiger partial charge in [0.2, 0.25) is 0 Å². The second-order valence-corrected chi connectivity index (χ2v) is 5.18. The number of likely N-dealkylation sites (tertiary alicyclic amines) is 1. The van der Waals surface area contributed by atoms with Crippen LogP contribution in [0.3, 0.4) is 0 Å². The number of phenolic OH excluding ortho intramolecular Hbond substituents is 1. The summed E-state index contributed by atoms with van der Waals surface area (Å²) >= 11 is 2.04. The maximum absolute atomic E-state index is 12.1. The normalized spacial score (nSPS) is 16.2. The quantitative estimate of drug-likeness (QED) is 0.804. The minimum absolute atomic E-state index is 0.0337.